The van der Waals surface area contributed by atoms with Gasteiger partial charge in [-0.3, -0.25) is 4.79 Å². The molecule has 86 valence electrons. The average molecular weight is 237 g/mol. The maximum Gasteiger partial charge on any atom is 0.320 e. The van der Waals surface area contributed by atoms with Crippen molar-refractivity contribution in [3.05, 3.63) is 29.8 Å². The highest BCUT2D eigenvalue weighted by Gasteiger charge is 2.29. The Bertz CT molecular complexity index is 377. The van der Waals surface area contributed by atoms with Crippen molar-refractivity contribution >= 4 is 17.7 Å². The molecule has 1 aromatic rings. The lowest BCUT2D eigenvalue weighted by molar-refractivity contribution is -0.139. The lowest BCUT2D eigenvalue weighted by atomic mass is 10.2. The van der Waals surface area contributed by atoms with Gasteiger partial charge in [-0.05, 0) is 25.5 Å². The van der Waals surface area contributed by atoms with Gasteiger partial charge < -0.3 is 10.4 Å². The van der Waals surface area contributed by atoms with E-state index in [4.69, 9.17) is 5.11 Å². The summed E-state index contributed by atoms with van der Waals surface area (Å²) in [5, 5.41) is 12.2. The minimum absolute atomic E-state index is 0.365. The fraction of sp³-hybridized carbons (Fsp3) is 0.417. The van der Waals surface area contributed by atoms with E-state index < -0.39 is 5.97 Å². The van der Waals surface area contributed by atoms with Crippen molar-refractivity contribution in [2.24, 2.45) is 0 Å². The number of carbonyl (C=O) groups is 1. The van der Waals surface area contributed by atoms with E-state index in [1.165, 1.54) is 10.5 Å². The van der Waals surface area contributed by atoms with Crippen LogP contribution < -0.4 is 5.32 Å². The third-order valence-electron chi connectivity index (χ3n) is 2.71. The van der Waals surface area contributed by atoms with Crippen LogP contribution in [0.15, 0.2) is 29.2 Å². The predicted molar refractivity (Wildman–Crippen MR) is 64.9 cm³/mol. The number of carboxylic acids is 1. The van der Waals surface area contributed by atoms with E-state index in [0.29, 0.717) is 11.7 Å². The highest BCUT2D eigenvalue weighted by atomic mass is 32.2. The summed E-state index contributed by atoms with van der Waals surface area (Å²) >= 11 is 1.76. The van der Waals surface area contributed by atoms with Crippen LogP contribution in [0.1, 0.15) is 12.0 Å². The number of rotatable bonds is 3. The second-order valence-corrected chi connectivity index (χ2v) is 5.46. The number of hydrogen-bond acceptors (Lipinski definition) is 3. The molecule has 2 rings (SSSR count). The summed E-state index contributed by atoms with van der Waals surface area (Å²) in [5.74, 6) is -0.744. The number of hydrogen-bond donors (Lipinski definition) is 2. The minimum Gasteiger partial charge on any atom is -0.480 e. The van der Waals surface area contributed by atoms with Crippen molar-refractivity contribution in [3.8, 4) is 0 Å². The summed E-state index contributed by atoms with van der Waals surface area (Å²) in [5.41, 5.74) is 1.25. The number of thioether (sulfide) groups is 1. The van der Waals surface area contributed by atoms with E-state index in [1.807, 2.05) is 0 Å². The van der Waals surface area contributed by atoms with Crippen molar-refractivity contribution in [3.63, 3.8) is 0 Å². The quantitative estimate of drug-likeness (QED) is 0.843. The van der Waals surface area contributed by atoms with Crippen molar-refractivity contribution < 1.29 is 9.90 Å². The third kappa shape index (κ3) is 2.77. The molecular weight excluding hydrogens is 222 g/mol. The topological polar surface area (TPSA) is 49.3 Å². The van der Waals surface area contributed by atoms with E-state index in [9.17, 15) is 4.79 Å². The van der Waals surface area contributed by atoms with Crippen LogP contribution in [0, 0.1) is 6.92 Å². The highest BCUT2D eigenvalue weighted by Crippen LogP contribution is 2.28. The smallest absolute Gasteiger partial charge is 0.320 e. The molecule has 0 spiro atoms. The van der Waals surface area contributed by atoms with Crippen LogP contribution in [0.25, 0.3) is 0 Å². The maximum absolute atomic E-state index is 10.8. The van der Waals surface area contributed by atoms with Gasteiger partial charge in [-0.25, -0.2) is 0 Å². The van der Waals surface area contributed by atoms with Gasteiger partial charge in [0.2, 0.25) is 0 Å². The van der Waals surface area contributed by atoms with Gasteiger partial charge in [-0.15, -0.1) is 11.8 Å². The van der Waals surface area contributed by atoms with Gasteiger partial charge in [0.25, 0.3) is 0 Å². The first-order chi connectivity index (χ1) is 7.65. The van der Waals surface area contributed by atoms with E-state index >= 15 is 0 Å². The van der Waals surface area contributed by atoms with Gasteiger partial charge in [-0.2, -0.15) is 0 Å². The second kappa shape index (κ2) is 4.89. The van der Waals surface area contributed by atoms with Crippen LogP contribution in [0.5, 0.6) is 0 Å². The Balaban J connectivity index is 1.92. The molecule has 4 heteroatoms. The van der Waals surface area contributed by atoms with Crippen molar-refractivity contribution in [1.82, 2.24) is 5.32 Å². The molecule has 1 fully saturated rings. The summed E-state index contributed by atoms with van der Waals surface area (Å²) in [6, 6.07) is 7.98. The molecule has 1 aliphatic heterocycles. The Morgan fingerprint density at radius 3 is 2.69 bits per heavy atom. The molecule has 1 unspecified atom stereocenters. The summed E-state index contributed by atoms with van der Waals surface area (Å²) in [7, 11) is 0. The number of nitrogens with one attached hydrogen (secondary N) is 1. The van der Waals surface area contributed by atoms with E-state index in [1.54, 1.807) is 11.8 Å². The van der Waals surface area contributed by atoms with Gasteiger partial charge >= 0.3 is 5.97 Å². The molecule has 1 heterocycles. The molecule has 0 aliphatic carbocycles. The lowest BCUT2D eigenvalue weighted by Crippen LogP contribution is -2.29. The Kier molecular flexibility index (Phi) is 3.51. The zero-order chi connectivity index (χ0) is 11.5. The average Bonchev–Trinajstić information content (AvgIpc) is 2.70. The van der Waals surface area contributed by atoms with Gasteiger partial charge in [0.1, 0.15) is 6.04 Å². The van der Waals surface area contributed by atoms with Gasteiger partial charge in [0.15, 0.2) is 0 Å². The third-order valence-corrected chi connectivity index (χ3v) is 3.95. The molecule has 2 N–H and O–H groups in total. The van der Waals surface area contributed by atoms with Crippen LogP contribution in [0.2, 0.25) is 0 Å². The predicted octanol–water partition coefficient (Wildman–Crippen LogP) is 1.90. The van der Waals surface area contributed by atoms with E-state index in [-0.39, 0.29) is 6.04 Å². The maximum atomic E-state index is 10.8. The fourth-order valence-electron chi connectivity index (χ4n) is 1.79. The molecule has 1 aliphatic rings. The Morgan fingerprint density at radius 2 is 2.12 bits per heavy atom. The van der Waals surface area contributed by atoms with Crippen LogP contribution in [-0.4, -0.2) is 28.9 Å². The number of aliphatic carboxylic acids is 1. The molecule has 0 bridgehead atoms. The zero-order valence-corrected chi connectivity index (χ0v) is 9.96. The zero-order valence-electron chi connectivity index (χ0n) is 9.14. The fourth-order valence-corrected chi connectivity index (χ4v) is 2.94. The molecule has 0 amide bonds. The van der Waals surface area contributed by atoms with Crippen LogP contribution in [0.4, 0.5) is 0 Å². The van der Waals surface area contributed by atoms with E-state index in [0.717, 1.165) is 6.54 Å². The Morgan fingerprint density at radius 1 is 1.44 bits per heavy atom. The lowest BCUT2D eigenvalue weighted by Gasteiger charge is -2.08. The SMILES string of the molecule is Cc1ccc(SC2CN[C@@H](C(=O)O)C2)cc1. The van der Waals surface area contributed by atoms with Crippen molar-refractivity contribution in [2.75, 3.05) is 6.54 Å². The first-order valence-corrected chi connectivity index (χ1v) is 6.22. The summed E-state index contributed by atoms with van der Waals surface area (Å²) in [6.07, 6.45) is 0.702. The molecule has 16 heavy (non-hydrogen) atoms. The number of carboxylic acid groups (broad SMARTS) is 1. The minimum atomic E-state index is -0.744. The number of aryl methyl sites for hydroxylation is 1. The largest absolute Gasteiger partial charge is 0.480 e. The molecule has 2 atom stereocenters. The molecule has 1 aromatic carbocycles. The molecule has 3 nitrogen and oxygen atoms in total. The molecular formula is C12H15NO2S. The Hall–Kier alpha value is -1.00. The van der Waals surface area contributed by atoms with Crippen molar-refractivity contribution in [1.29, 1.82) is 0 Å². The monoisotopic (exact) mass is 237 g/mol. The number of benzene rings is 1. The molecule has 0 aromatic heterocycles. The highest BCUT2D eigenvalue weighted by molar-refractivity contribution is 8.00. The van der Waals surface area contributed by atoms with Crippen LogP contribution in [-0.2, 0) is 4.79 Å². The molecule has 0 radical (unpaired) electrons. The first-order valence-electron chi connectivity index (χ1n) is 5.34. The summed E-state index contributed by atoms with van der Waals surface area (Å²) < 4.78 is 0. The van der Waals surface area contributed by atoms with Gasteiger partial charge in [0.05, 0.1) is 0 Å². The van der Waals surface area contributed by atoms with E-state index in [2.05, 4.69) is 36.5 Å². The second-order valence-electron chi connectivity index (χ2n) is 4.09. The molecule has 1 saturated heterocycles. The normalized spacial score (nSPS) is 24.6. The van der Waals surface area contributed by atoms with Crippen LogP contribution >= 0.6 is 11.8 Å². The molecule has 0 saturated carbocycles. The summed E-state index contributed by atoms with van der Waals surface area (Å²) in [4.78, 5) is 12.0. The van der Waals surface area contributed by atoms with Crippen LogP contribution in [0.3, 0.4) is 0 Å². The standard InChI is InChI=1S/C12H15NO2S/c1-8-2-4-9(5-3-8)16-10-6-11(12(14)15)13-7-10/h2-5,10-11,13H,6-7H2,1H3,(H,14,15)/t10?,11-/m1/s1. The van der Waals surface area contributed by atoms with Crippen molar-refractivity contribution in [2.45, 2.75) is 29.5 Å². The van der Waals surface area contributed by atoms with Gasteiger partial charge in [-0.1, -0.05) is 17.7 Å². The summed E-state index contributed by atoms with van der Waals surface area (Å²) in [6.45, 7) is 2.83. The first kappa shape index (κ1) is 11.5. The van der Waals surface area contributed by atoms with Gasteiger partial charge in [0, 0.05) is 16.7 Å². The Labute approximate surface area is 99.2 Å².